The van der Waals surface area contributed by atoms with Crippen molar-refractivity contribution in [1.29, 1.82) is 0 Å². The number of likely N-dealkylation sites (tertiary alicyclic amines) is 1. The summed E-state index contributed by atoms with van der Waals surface area (Å²) >= 11 is 0. The number of Topliss-reactive ketones (excluding diaryl/α,β-unsaturated/α-hetero) is 1. The van der Waals surface area contributed by atoms with Gasteiger partial charge < -0.3 is 14.7 Å². The number of carbonyl (C=O) groups excluding carboxylic acids is 2. The van der Waals surface area contributed by atoms with Crippen LogP contribution in [0.2, 0.25) is 0 Å². The van der Waals surface area contributed by atoms with Crippen molar-refractivity contribution < 1.29 is 23.8 Å². The Bertz CT molecular complexity index is 1180. The van der Waals surface area contributed by atoms with Crippen LogP contribution in [0.3, 0.4) is 0 Å². The number of ether oxygens (including phenoxy) is 1. The SMILES string of the molecule is COc1cccc(C(O)=C2C(=O)C(=O)N(Cc3cccnc3)[C@@H]2c2cccc(F)c2)c1. The monoisotopic (exact) mass is 418 g/mol. The number of pyridine rings is 1. The van der Waals surface area contributed by atoms with Gasteiger partial charge in [-0.3, -0.25) is 14.6 Å². The summed E-state index contributed by atoms with van der Waals surface area (Å²) in [6, 6.07) is 14.7. The van der Waals surface area contributed by atoms with Crippen molar-refractivity contribution >= 4 is 17.4 Å². The van der Waals surface area contributed by atoms with Gasteiger partial charge in [-0.1, -0.05) is 30.3 Å². The van der Waals surface area contributed by atoms with Gasteiger partial charge >= 0.3 is 0 Å². The third-order valence-electron chi connectivity index (χ3n) is 5.12. The number of halogens is 1. The first-order valence-electron chi connectivity index (χ1n) is 9.57. The van der Waals surface area contributed by atoms with E-state index in [2.05, 4.69) is 4.98 Å². The Kier molecular flexibility index (Phi) is 5.49. The Morgan fingerprint density at radius 1 is 1.13 bits per heavy atom. The van der Waals surface area contributed by atoms with Gasteiger partial charge in [-0.25, -0.2) is 4.39 Å². The Balaban J connectivity index is 1.87. The van der Waals surface area contributed by atoms with Crippen LogP contribution < -0.4 is 4.74 Å². The summed E-state index contributed by atoms with van der Waals surface area (Å²) in [6.45, 7) is 0.0779. The number of aromatic nitrogens is 1. The van der Waals surface area contributed by atoms with Gasteiger partial charge in [-0.2, -0.15) is 0 Å². The molecule has 2 aromatic carbocycles. The number of benzene rings is 2. The van der Waals surface area contributed by atoms with Gasteiger partial charge in [0.05, 0.1) is 18.7 Å². The molecule has 31 heavy (non-hydrogen) atoms. The highest BCUT2D eigenvalue weighted by Crippen LogP contribution is 2.40. The number of aliphatic hydroxyl groups is 1. The van der Waals surface area contributed by atoms with Crippen molar-refractivity contribution in [3.8, 4) is 5.75 Å². The molecule has 1 atom stereocenters. The summed E-state index contributed by atoms with van der Waals surface area (Å²) in [6.07, 6.45) is 3.19. The molecule has 0 bridgehead atoms. The lowest BCUT2D eigenvalue weighted by Gasteiger charge is -2.25. The Morgan fingerprint density at radius 2 is 1.94 bits per heavy atom. The van der Waals surface area contributed by atoms with E-state index in [1.807, 2.05) is 0 Å². The molecule has 156 valence electrons. The maximum Gasteiger partial charge on any atom is 0.295 e. The molecule has 1 fully saturated rings. The second-order valence-corrected chi connectivity index (χ2v) is 7.08. The van der Waals surface area contributed by atoms with Gasteiger partial charge in [0.15, 0.2) is 0 Å². The normalized spacial score (nSPS) is 17.7. The van der Waals surface area contributed by atoms with Gasteiger partial charge in [-0.05, 0) is 41.5 Å². The van der Waals surface area contributed by atoms with Gasteiger partial charge in [0, 0.05) is 24.5 Å². The topological polar surface area (TPSA) is 79.7 Å². The molecule has 1 amide bonds. The molecule has 0 aliphatic carbocycles. The molecule has 2 heterocycles. The average Bonchev–Trinajstić information content (AvgIpc) is 3.04. The second-order valence-electron chi connectivity index (χ2n) is 7.08. The minimum Gasteiger partial charge on any atom is -0.507 e. The number of rotatable bonds is 5. The predicted molar refractivity (Wildman–Crippen MR) is 111 cm³/mol. The highest BCUT2D eigenvalue weighted by atomic mass is 19.1. The van der Waals surface area contributed by atoms with E-state index in [0.29, 0.717) is 22.4 Å². The average molecular weight is 418 g/mol. The smallest absolute Gasteiger partial charge is 0.295 e. The highest BCUT2D eigenvalue weighted by Gasteiger charge is 2.46. The molecule has 4 rings (SSSR count). The highest BCUT2D eigenvalue weighted by molar-refractivity contribution is 6.46. The van der Waals surface area contributed by atoms with E-state index in [1.165, 1.54) is 30.2 Å². The zero-order valence-electron chi connectivity index (χ0n) is 16.7. The van der Waals surface area contributed by atoms with Crippen molar-refractivity contribution in [2.24, 2.45) is 0 Å². The van der Waals surface area contributed by atoms with E-state index in [4.69, 9.17) is 4.74 Å². The first-order valence-corrected chi connectivity index (χ1v) is 9.57. The van der Waals surface area contributed by atoms with Crippen LogP contribution in [0.5, 0.6) is 5.75 Å². The Morgan fingerprint density at radius 3 is 2.65 bits per heavy atom. The van der Waals surface area contributed by atoms with E-state index in [1.54, 1.807) is 54.9 Å². The van der Waals surface area contributed by atoms with Crippen LogP contribution in [0.15, 0.2) is 78.6 Å². The molecule has 1 N–H and O–H groups in total. The molecular weight excluding hydrogens is 399 g/mol. The van der Waals surface area contributed by atoms with E-state index < -0.39 is 23.5 Å². The number of hydrogen-bond donors (Lipinski definition) is 1. The fourth-order valence-electron chi connectivity index (χ4n) is 3.68. The summed E-state index contributed by atoms with van der Waals surface area (Å²) in [7, 11) is 1.48. The molecule has 1 aliphatic rings. The molecule has 3 aromatic rings. The third kappa shape index (κ3) is 3.90. The molecule has 1 saturated heterocycles. The quantitative estimate of drug-likeness (QED) is 0.387. The molecule has 0 unspecified atom stereocenters. The van der Waals surface area contributed by atoms with Gasteiger partial charge in [-0.15, -0.1) is 0 Å². The van der Waals surface area contributed by atoms with Gasteiger partial charge in [0.1, 0.15) is 17.3 Å². The van der Waals surface area contributed by atoms with Crippen LogP contribution in [-0.2, 0) is 16.1 Å². The number of nitrogens with zero attached hydrogens (tertiary/aromatic N) is 2. The summed E-state index contributed by atoms with van der Waals surface area (Å²) in [5.41, 5.74) is 1.30. The van der Waals surface area contributed by atoms with Crippen molar-refractivity contribution in [2.45, 2.75) is 12.6 Å². The Labute approximate surface area is 178 Å². The number of ketones is 1. The predicted octanol–water partition coefficient (Wildman–Crippen LogP) is 3.85. The number of methoxy groups -OCH3 is 1. The minimum atomic E-state index is -0.956. The molecule has 6 nitrogen and oxygen atoms in total. The molecule has 0 spiro atoms. The van der Waals surface area contributed by atoms with Crippen LogP contribution in [-0.4, -0.2) is 33.8 Å². The van der Waals surface area contributed by atoms with E-state index in [0.717, 1.165) is 0 Å². The van der Waals surface area contributed by atoms with Crippen LogP contribution in [0, 0.1) is 5.82 Å². The largest absolute Gasteiger partial charge is 0.507 e. The first kappa shape index (κ1) is 20.3. The van der Waals surface area contributed by atoms with E-state index in [9.17, 15) is 19.1 Å². The fourth-order valence-corrected chi connectivity index (χ4v) is 3.68. The van der Waals surface area contributed by atoms with Gasteiger partial charge in [0.2, 0.25) is 0 Å². The summed E-state index contributed by atoms with van der Waals surface area (Å²) in [5.74, 6) is -1.98. The molecule has 1 aromatic heterocycles. The Hall–Kier alpha value is -4.00. The summed E-state index contributed by atoms with van der Waals surface area (Å²) in [5, 5.41) is 11.0. The lowest BCUT2D eigenvalue weighted by Crippen LogP contribution is -2.29. The maximum absolute atomic E-state index is 14.0. The fraction of sp³-hybridized carbons (Fsp3) is 0.125. The molecule has 7 heteroatoms. The standard InChI is InChI=1S/C24H19FN2O4/c1-31-19-9-3-7-17(12-19)22(28)20-21(16-6-2-8-18(25)11-16)27(24(30)23(20)29)14-15-5-4-10-26-13-15/h2-13,21,28H,14H2,1H3/t21-/m1/s1. The molecule has 1 aliphatic heterocycles. The molecule has 0 saturated carbocycles. The van der Waals surface area contributed by atoms with Crippen molar-refractivity contribution in [3.05, 3.63) is 101 Å². The lowest BCUT2D eigenvalue weighted by atomic mass is 9.95. The summed E-state index contributed by atoms with van der Waals surface area (Å²) in [4.78, 5) is 31.3. The van der Waals surface area contributed by atoms with Crippen LogP contribution in [0.4, 0.5) is 4.39 Å². The number of amides is 1. The molecule has 0 radical (unpaired) electrons. The number of aliphatic hydroxyl groups excluding tert-OH is 1. The van der Waals surface area contributed by atoms with Crippen molar-refractivity contribution in [2.75, 3.05) is 7.11 Å². The van der Waals surface area contributed by atoms with Crippen molar-refractivity contribution in [1.82, 2.24) is 9.88 Å². The summed E-state index contributed by atoms with van der Waals surface area (Å²) < 4.78 is 19.2. The zero-order chi connectivity index (χ0) is 22.0. The number of carbonyl (C=O) groups is 2. The van der Waals surface area contributed by atoms with Crippen LogP contribution in [0.1, 0.15) is 22.7 Å². The van der Waals surface area contributed by atoms with E-state index >= 15 is 0 Å². The van der Waals surface area contributed by atoms with Gasteiger partial charge in [0.25, 0.3) is 11.7 Å². The van der Waals surface area contributed by atoms with Crippen LogP contribution in [0.25, 0.3) is 5.76 Å². The number of hydrogen-bond acceptors (Lipinski definition) is 5. The lowest BCUT2D eigenvalue weighted by molar-refractivity contribution is -0.140. The second kappa shape index (κ2) is 8.39. The zero-order valence-corrected chi connectivity index (χ0v) is 16.7. The van der Waals surface area contributed by atoms with E-state index in [-0.39, 0.29) is 17.9 Å². The van der Waals surface area contributed by atoms with Crippen LogP contribution >= 0.6 is 0 Å². The van der Waals surface area contributed by atoms with Crippen molar-refractivity contribution in [3.63, 3.8) is 0 Å². The first-order chi connectivity index (χ1) is 15.0. The maximum atomic E-state index is 14.0. The third-order valence-corrected chi connectivity index (χ3v) is 5.12. The minimum absolute atomic E-state index is 0.0779. The molecular formula is C24H19FN2O4.